The quantitative estimate of drug-likeness (QED) is 0.686. The van der Waals surface area contributed by atoms with Crippen molar-refractivity contribution in [1.29, 1.82) is 0 Å². The predicted molar refractivity (Wildman–Crippen MR) is 96.3 cm³/mol. The van der Waals surface area contributed by atoms with Crippen LogP contribution in [0.1, 0.15) is 23.7 Å². The third-order valence-electron chi connectivity index (χ3n) is 4.12. The number of benzene rings is 2. The summed E-state index contributed by atoms with van der Waals surface area (Å²) in [6, 6.07) is 15.5. The minimum atomic E-state index is -0.806. The number of aliphatic hydroxyl groups excluding tert-OH is 1. The Bertz CT molecular complexity index is 848. The fourth-order valence-electron chi connectivity index (χ4n) is 2.64. The normalized spacial score (nSPS) is 11.9. The van der Waals surface area contributed by atoms with Gasteiger partial charge in [-0.3, -0.25) is 4.79 Å². The van der Waals surface area contributed by atoms with Gasteiger partial charge >= 0.3 is 0 Å². The number of nitrogens with one attached hydrogen (secondary N) is 1. The highest BCUT2D eigenvalue weighted by Gasteiger charge is 2.11. The Morgan fingerprint density at radius 1 is 1.15 bits per heavy atom. The first-order valence-corrected chi connectivity index (χ1v) is 8.41. The van der Waals surface area contributed by atoms with Crippen LogP contribution < -0.4 is 5.32 Å². The van der Waals surface area contributed by atoms with Gasteiger partial charge in [0.05, 0.1) is 11.8 Å². The molecule has 0 saturated heterocycles. The van der Waals surface area contributed by atoms with Crippen molar-refractivity contribution in [2.45, 2.75) is 18.9 Å². The lowest BCUT2D eigenvalue weighted by Gasteiger charge is -2.13. The molecule has 2 aromatic carbocycles. The molecule has 1 unspecified atom stereocenters. The lowest BCUT2D eigenvalue weighted by molar-refractivity contribution is -0.121. The van der Waals surface area contributed by atoms with Crippen LogP contribution in [0, 0.1) is 5.82 Å². The van der Waals surface area contributed by atoms with Gasteiger partial charge in [0, 0.05) is 25.4 Å². The number of hydrogen-bond donors (Lipinski definition) is 2. The van der Waals surface area contributed by atoms with E-state index >= 15 is 0 Å². The van der Waals surface area contributed by atoms with E-state index < -0.39 is 6.10 Å². The first kappa shape index (κ1) is 17.8. The Morgan fingerprint density at radius 3 is 2.62 bits per heavy atom. The largest absolute Gasteiger partial charge is 0.387 e. The van der Waals surface area contributed by atoms with Crippen molar-refractivity contribution in [2.75, 3.05) is 6.54 Å². The molecule has 0 aliphatic carbocycles. The maximum atomic E-state index is 13.5. The summed E-state index contributed by atoms with van der Waals surface area (Å²) in [7, 11) is 0. The average Bonchev–Trinajstić information content (AvgIpc) is 3.20. The fraction of sp³-hybridized carbons (Fsp3) is 0.200. The SMILES string of the molecule is O=C(CCc1ccccc1F)NCC(O)c1ccc(-n2cccn2)cc1. The number of halogens is 1. The Morgan fingerprint density at radius 2 is 1.92 bits per heavy atom. The van der Waals surface area contributed by atoms with Gasteiger partial charge in [-0.15, -0.1) is 0 Å². The molecule has 134 valence electrons. The van der Waals surface area contributed by atoms with E-state index in [2.05, 4.69) is 10.4 Å². The smallest absolute Gasteiger partial charge is 0.220 e. The number of aryl methyl sites for hydroxylation is 1. The molecule has 0 aliphatic heterocycles. The molecule has 0 spiro atoms. The van der Waals surface area contributed by atoms with Crippen LogP contribution in [0.15, 0.2) is 67.0 Å². The molecule has 1 amide bonds. The number of rotatable bonds is 7. The summed E-state index contributed by atoms with van der Waals surface area (Å²) < 4.78 is 15.3. The van der Waals surface area contributed by atoms with Crippen LogP contribution in [0.2, 0.25) is 0 Å². The number of amides is 1. The number of aliphatic hydroxyl groups is 1. The maximum Gasteiger partial charge on any atom is 0.220 e. The van der Waals surface area contributed by atoms with E-state index in [9.17, 15) is 14.3 Å². The number of carbonyl (C=O) groups excluding carboxylic acids is 1. The molecular weight excluding hydrogens is 333 g/mol. The summed E-state index contributed by atoms with van der Waals surface area (Å²) in [4.78, 5) is 11.9. The zero-order valence-corrected chi connectivity index (χ0v) is 14.2. The minimum absolute atomic E-state index is 0.108. The molecular formula is C20H20FN3O2. The monoisotopic (exact) mass is 353 g/mol. The molecule has 0 bridgehead atoms. The Kier molecular flexibility index (Phi) is 5.76. The molecule has 0 fully saturated rings. The summed E-state index contributed by atoms with van der Waals surface area (Å²) in [6.45, 7) is 0.108. The molecule has 1 heterocycles. The third kappa shape index (κ3) is 4.55. The number of aromatic nitrogens is 2. The predicted octanol–water partition coefficient (Wildman–Crippen LogP) is 2.79. The summed E-state index contributed by atoms with van der Waals surface area (Å²) in [5, 5.41) is 17.0. The van der Waals surface area contributed by atoms with E-state index in [1.165, 1.54) is 6.07 Å². The summed E-state index contributed by atoms with van der Waals surface area (Å²) in [5.41, 5.74) is 2.10. The van der Waals surface area contributed by atoms with Gasteiger partial charge in [-0.25, -0.2) is 9.07 Å². The zero-order valence-electron chi connectivity index (χ0n) is 14.2. The van der Waals surface area contributed by atoms with Crippen LogP contribution in [0.5, 0.6) is 0 Å². The third-order valence-corrected chi connectivity index (χ3v) is 4.12. The molecule has 1 atom stereocenters. The molecule has 1 aromatic heterocycles. The van der Waals surface area contributed by atoms with Crippen LogP contribution >= 0.6 is 0 Å². The van der Waals surface area contributed by atoms with Crippen molar-refractivity contribution in [3.05, 3.63) is 83.9 Å². The number of carbonyl (C=O) groups is 1. The van der Waals surface area contributed by atoms with Crippen molar-refractivity contribution < 1.29 is 14.3 Å². The van der Waals surface area contributed by atoms with E-state index in [4.69, 9.17) is 0 Å². The highest BCUT2D eigenvalue weighted by Crippen LogP contribution is 2.15. The second-order valence-electron chi connectivity index (χ2n) is 5.95. The van der Waals surface area contributed by atoms with Gasteiger partial charge < -0.3 is 10.4 Å². The Labute approximate surface area is 151 Å². The zero-order chi connectivity index (χ0) is 18.4. The van der Waals surface area contributed by atoms with Gasteiger partial charge in [0.15, 0.2) is 0 Å². The molecule has 3 rings (SSSR count). The minimum Gasteiger partial charge on any atom is -0.387 e. The van der Waals surface area contributed by atoms with Gasteiger partial charge in [0.1, 0.15) is 5.82 Å². The van der Waals surface area contributed by atoms with Crippen LogP contribution in [0.25, 0.3) is 5.69 Å². The van der Waals surface area contributed by atoms with Crippen LogP contribution in [-0.4, -0.2) is 27.3 Å². The molecule has 5 nitrogen and oxygen atoms in total. The molecule has 0 radical (unpaired) electrons. The molecule has 26 heavy (non-hydrogen) atoms. The van der Waals surface area contributed by atoms with Crippen molar-refractivity contribution in [3.63, 3.8) is 0 Å². The van der Waals surface area contributed by atoms with Crippen molar-refractivity contribution in [3.8, 4) is 5.69 Å². The van der Waals surface area contributed by atoms with Gasteiger partial charge in [-0.2, -0.15) is 5.10 Å². The van der Waals surface area contributed by atoms with E-state index in [0.717, 1.165) is 5.69 Å². The summed E-state index contributed by atoms with van der Waals surface area (Å²) >= 11 is 0. The van der Waals surface area contributed by atoms with Gasteiger partial charge in [-0.1, -0.05) is 30.3 Å². The van der Waals surface area contributed by atoms with E-state index in [1.807, 2.05) is 24.4 Å². The van der Waals surface area contributed by atoms with Gasteiger partial charge in [0.25, 0.3) is 0 Å². The Balaban J connectivity index is 1.48. The van der Waals surface area contributed by atoms with E-state index in [1.54, 1.807) is 41.2 Å². The standard InChI is InChI=1S/C20H20FN3O2/c21-18-5-2-1-4-15(18)8-11-20(26)22-14-19(25)16-6-9-17(10-7-16)24-13-3-12-23-24/h1-7,9-10,12-13,19,25H,8,11,14H2,(H,22,26). The summed E-state index contributed by atoms with van der Waals surface area (Å²) in [6.07, 6.45) is 3.22. The van der Waals surface area contributed by atoms with Gasteiger partial charge in [0.2, 0.25) is 5.91 Å². The van der Waals surface area contributed by atoms with E-state index in [0.29, 0.717) is 17.5 Å². The van der Waals surface area contributed by atoms with Crippen LogP contribution in [0.4, 0.5) is 4.39 Å². The second kappa shape index (κ2) is 8.40. The van der Waals surface area contributed by atoms with E-state index in [-0.39, 0.29) is 24.7 Å². The molecule has 6 heteroatoms. The highest BCUT2D eigenvalue weighted by molar-refractivity contribution is 5.76. The lowest BCUT2D eigenvalue weighted by atomic mass is 10.1. The lowest BCUT2D eigenvalue weighted by Crippen LogP contribution is -2.28. The highest BCUT2D eigenvalue weighted by atomic mass is 19.1. The van der Waals surface area contributed by atoms with Crippen LogP contribution in [0.3, 0.4) is 0 Å². The average molecular weight is 353 g/mol. The summed E-state index contributed by atoms with van der Waals surface area (Å²) in [5.74, 6) is -0.530. The first-order valence-electron chi connectivity index (χ1n) is 8.41. The molecule has 0 saturated carbocycles. The van der Waals surface area contributed by atoms with Gasteiger partial charge in [-0.05, 0) is 41.8 Å². The van der Waals surface area contributed by atoms with Crippen LogP contribution in [-0.2, 0) is 11.2 Å². The Hall–Kier alpha value is -2.99. The maximum absolute atomic E-state index is 13.5. The first-order chi connectivity index (χ1) is 12.6. The molecule has 2 N–H and O–H groups in total. The fourth-order valence-corrected chi connectivity index (χ4v) is 2.64. The number of nitrogens with zero attached hydrogens (tertiary/aromatic N) is 2. The molecule has 3 aromatic rings. The van der Waals surface area contributed by atoms with Crippen molar-refractivity contribution in [2.24, 2.45) is 0 Å². The van der Waals surface area contributed by atoms with Crippen molar-refractivity contribution in [1.82, 2.24) is 15.1 Å². The topological polar surface area (TPSA) is 67.2 Å². The number of hydrogen-bond acceptors (Lipinski definition) is 3. The second-order valence-corrected chi connectivity index (χ2v) is 5.95. The van der Waals surface area contributed by atoms with Crippen molar-refractivity contribution >= 4 is 5.91 Å². The molecule has 0 aliphatic rings.